The van der Waals surface area contributed by atoms with Gasteiger partial charge in [0.1, 0.15) is 5.82 Å². The Bertz CT molecular complexity index is 957. The zero-order valence-corrected chi connectivity index (χ0v) is 17.5. The van der Waals surface area contributed by atoms with Gasteiger partial charge in [0.05, 0.1) is 5.56 Å². The van der Waals surface area contributed by atoms with Crippen LogP contribution in [-0.4, -0.2) is 53.6 Å². The van der Waals surface area contributed by atoms with Gasteiger partial charge >= 0.3 is 0 Å². The molecule has 2 amide bonds. The summed E-state index contributed by atoms with van der Waals surface area (Å²) >= 11 is 0. The van der Waals surface area contributed by atoms with E-state index in [-0.39, 0.29) is 36.0 Å². The van der Waals surface area contributed by atoms with Crippen LogP contribution in [-0.2, 0) is 4.79 Å². The van der Waals surface area contributed by atoms with Crippen LogP contribution in [0.2, 0.25) is 0 Å². The molecule has 0 spiro atoms. The SMILES string of the molecule is Cc1ccc(C)c(C(=O)CCC(=O)N2CCCN(C(=O)c3ccccc3F)CC2)c1. The van der Waals surface area contributed by atoms with Gasteiger partial charge in [0.2, 0.25) is 5.91 Å². The zero-order valence-electron chi connectivity index (χ0n) is 17.5. The normalized spacial score (nSPS) is 14.4. The lowest BCUT2D eigenvalue weighted by molar-refractivity contribution is -0.131. The average molecular weight is 410 g/mol. The number of benzene rings is 2. The largest absolute Gasteiger partial charge is 0.341 e. The number of hydrogen-bond acceptors (Lipinski definition) is 3. The highest BCUT2D eigenvalue weighted by Gasteiger charge is 2.24. The quantitative estimate of drug-likeness (QED) is 0.705. The fourth-order valence-corrected chi connectivity index (χ4v) is 3.72. The van der Waals surface area contributed by atoms with Gasteiger partial charge in [-0.15, -0.1) is 0 Å². The van der Waals surface area contributed by atoms with Gasteiger partial charge in [-0.1, -0.05) is 29.8 Å². The minimum Gasteiger partial charge on any atom is -0.341 e. The van der Waals surface area contributed by atoms with Crippen molar-refractivity contribution in [2.75, 3.05) is 26.2 Å². The van der Waals surface area contributed by atoms with Gasteiger partial charge in [0.15, 0.2) is 5.78 Å². The Hall–Kier alpha value is -3.02. The molecule has 0 bridgehead atoms. The number of aryl methyl sites for hydroxylation is 2. The van der Waals surface area contributed by atoms with Crippen LogP contribution in [0.15, 0.2) is 42.5 Å². The van der Waals surface area contributed by atoms with Gasteiger partial charge in [-0.05, 0) is 44.0 Å². The van der Waals surface area contributed by atoms with Gasteiger partial charge in [0.25, 0.3) is 5.91 Å². The summed E-state index contributed by atoms with van der Waals surface area (Å²) in [7, 11) is 0. The van der Waals surface area contributed by atoms with Crippen molar-refractivity contribution in [2.24, 2.45) is 0 Å². The van der Waals surface area contributed by atoms with Crippen molar-refractivity contribution >= 4 is 17.6 Å². The fourth-order valence-electron chi connectivity index (χ4n) is 3.72. The molecule has 6 heteroatoms. The molecule has 1 fully saturated rings. The first-order valence-electron chi connectivity index (χ1n) is 10.3. The lowest BCUT2D eigenvalue weighted by Gasteiger charge is -2.22. The van der Waals surface area contributed by atoms with E-state index in [0.717, 1.165) is 11.1 Å². The molecule has 0 radical (unpaired) electrons. The Kier molecular flexibility index (Phi) is 6.98. The van der Waals surface area contributed by atoms with Gasteiger partial charge in [-0.3, -0.25) is 14.4 Å². The molecular formula is C24H27FN2O3. The van der Waals surface area contributed by atoms with E-state index in [1.165, 1.54) is 12.1 Å². The monoisotopic (exact) mass is 410 g/mol. The summed E-state index contributed by atoms with van der Waals surface area (Å²) in [5.41, 5.74) is 2.65. The van der Waals surface area contributed by atoms with Gasteiger partial charge in [-0.2, -0.15) is 0 Å². The average Bonchev–Trinajstić information content (AvgIpc) is 3.00. The first-order chi connectivity index (χ1) is 14.4. The second-order valence-electron chi connectivity index (χ2n) is 7.75. The molecular weight excluding hydrogens is 383 g/mol. The van der Waals surface area contributed by atoms with E-state index in [0.29, 0.717) is 38.2 Å². The minimum atomic E-state index is -0.537. The van der Waals surface area contributed by atoms with Crippen LogP contribution in [0, 0.1) is 19.7 Å². The molecule has 0 unspecified atom stereocenters. The molecule has 1 aliphatic rings. The molecule has 2 aromatic carbocycles. The lowest BCUT2D eigenvalue weighted by Crippen LogP contribution is -2.37. The third-order valence-electron chi connectivity index (χ3n) is 5.50. The summed E-state index contributed by atoms with van der Waals surface area (Å²) in [6.45, 7) is 5.56. The molecule has 0 N–H and O–H groups in total. The molecule has 0 aromatic heterocycles. The highest BCUT2D eigenvalue weighted by Crippen LogP contribution is 2.16. The molecule has 30 heavy (non-hydrogen) atoms. The van der Waals surface area contributed by atoms with E-state index in [1.807, 2.05) is 32.0 Å². The summed E-state index contributed by atoms with van der Waals surface area (Å²) in [4.78, 5) is 41.1. The van der Waals surface area contributed by atoms with E-state index in [4.69, 9.17) is 0 Å². The molecule has 158 valence electrons. The summed E-state index contributed by atoms with van der Waals surface area (Å²) < 4.78 is 13.9. The number of ketones is 1. The predicted molar refractivity (Wildman–Crippen MR) is 113 cm³/mol. The summed E-state index contributed by atoms with van der Waals surface area (Å²) in [5, 5.41) is 0. The number of amides is 2. The van der Waals surface area contributed by atoms with Crippen molar-refractivity contribution in [3.8, 4) is 0 Å². The number of carbonyl (C=O) groups excluding carboxylic acids is 3. The third-order valence-corrected chi connectivity index (χ3v) is 5.50. The molecule has 1 saturated heterocycles. The van der Waals surface area contributed by atoms with Gasteiger partial charge in [-0.25, -0.2) is 4.39 Å². The van der Waals surface area contributed by atoms with Crippen molar-refractivity contribution < 1.29 is 18.8 Å². The van der Waals surface area contributed by atoms with E-state index in [9.17, 15) is 18.8 Å². The number of hydrogen-bond donors (Lipinski definition) is 0. The molecule has 2 aromatic rings. The number of nitrogens with zero attached hydrogens (tertiary/aromatic N) is 2. The Morgan fingerprint density at radius 1 is 0.867 bits per heavy atom. The molecule has 1 heterocycles. The predicted octanol–water partition coefficient (Wildman–Crippen LogP) is 3.78. The van der Waals surface area contributed by atoms with Crippen LogP contribution < -0.4 is 0 Å². The fraction of sp³-hybridized carbons (Fsp3) is 0.375. The van der Waals surface area contributed by atoms with Crippen molar-refractivity contribution in [1.29, 1.82) is 0 Å². The van der Waals surface area contributed by atoms with Crippen molar-refractivity contribution in [2.45, 2.75) is 33.1 Å². The Morgan fingerprint density at radius 3 is 2.33 bits per heavy atom. The highest BCUT2D eigenvalue weighted by atomic mass is 19.1. The summed E-state index contributed by atoms with van der Waals surface area (Å²) in [6, 6.07) is 11.7. The lowest BCUT2D eigenvalue weighted by atomic mass is 9.99. The molecule has 0 aliphatic carbocycles. The number of Topliss-reactive ketones (excluding diaryl/α,β-unsaturated/α-hetero) is 1. The molecule has 3 rings (SSSR count). The smallest absolute Gasteiger partial charge is 0.256 e. The third kappa shape index (κ3) is 5.12. The van der Waals surface area contributed by atoms with E-state index >= 15 is 0 Å². The molecule has 1 aliphatic heterocycles. The Balaban J connectivity index is 1.55. The van der Waals surface area contributed by atoms with Crippen LogP contribution in [0.1, 0.15) is 51.1 Å². The Labute approximate surface area is 176 Å². The minimum absolute atomic E-state index is 0.0317. The standard InChI is InChI=1S/C24H27FN2O3/c1-17-8-9-18(2)20(16-17)22(28)10-11-23(29)26-12-5-13-27(15-14-26)24(30)19-6-3-4-7-21(19)25/h3-4,6-9,16H,5,10-15H2,1-2H3. The highest BCUT2D eigenvalue weighted by molar-refractivity contribution is 5.99. The molecule has 5 nitrogen and oxygen atoms in total. The number of carbonyl (C=O) groups is 3. The van der Waals surface area contributed by atoms with Crippen molar-refractivity contribution in [1.82, 2.24) is 9.80 Å². The van der Waals surface area contributed by atoms with Crippen LogP contribution in [0.25, 0.3) is 0 Å². The van der Waals surface area contributed by atoms with Crippen LogP contribution in [0.5, 0.6) is 0 Å². The number of rotatable bonds is 5. The molecule has 0 atom stereocenters. The maximum absolute atomic E-state index is 13.9. The number of halogens is 1. The second-order valence-corrected chi connectivity index (χ2v) is 7.75. The zero-order chi connectivity index (χ0) is 21.7. The van der Waals surface area contributed by atoms with E-state index in [1.54, 1.807) is 21.9 Å². The first-order valence-corrected chi connectivity index (χ1v) is 10.3. The summed E-state index contributed by atoms with van der Waals surface area (Å²) in [5.74, 6) is -1.01. The van der Waals surface area contributed by atoms with E-state index in [2.05, 4.69) is 0 Å². The first kappa shape index (κ1) is 21.7. The summed E-state index contributed by atoms with van der Waals surface area (Å²) in [6.07, 6.45) is 0.932. The van der Waals surface area contributed by atoms with E-state index < -0.39 is 5.82 Å². The van der Waals surface area contributed by atoms with Gasteiger partial charge < -0.3 is 9.80 Å². The van der Waals surface area contributed by atoms with Gasteiger partial charge in [0, 0.05) is 44.6 Å². The van der Waals surface area contributed by atoms with Crippen LogP contribution in [0.3, 0.4) is 0 Å². The molecule has 0 saturated carbocycles. The van der Waals surface area contributed by atoms with Crippen LogP contribution >= 0.6 is 0 Å². The second kappa shape index (κ2) is 9.65. The maximum atomic E-state index is 13.9. The Morgan fingerprint density at radius 2 is 1.57 bits per heavy atom. The van der Waals surface area contributed by atoms with Crippen molar-refractivity contribution in [3.05, 3.63) is 70.5 Å². The van der Waals surface area contributed by atoms with Crippen LogP contribution in [0.4, 0.5) is 4.39 Å². The topological polar surface area (TPSA) is 57.7 Å². The maximum Gasteiger partial charge on any atom is 0.256 e. The van der Waals surface area contributed by atoms with Crippen molar-refractivity contribution in [3.63, 3.8) is 0 Å².